The summed E-state index contributed by atoms with van der Waals surface area (Å²) < 4.78 is 5.47. The zero-order chi connectivity index (χ0) is 18.5. The molecule has 1 aromatic heterocycles. The Labute approximate surface area is 159 Å². The fraction of sp³-hybridized carbons (Fsp3) is 0.0417. The molecular weight excluding hydrogens is 332 g/mol. The monoisotopic (exact) mass is 352 g/mol. The lowest BCUT2D eigenvalue weighted by Gasteiger charge is -2.14. The number of benzene rings is 3. The quantitative estimate of drug-likeness (QED) is 0.466. The Morgan fingerprint density at radius 3 is 1.74 bits per heavy atom. The number of aromatic nitrogens is 1. The normalized spacial score (nSPS) is 10.4. The number of pyridine rings is 1. The molecule has 1 N–H and O–H groups in total. The average Bonchev–Trinajstić information content (AvgIpc) is 2.75. The molecule has 3 nitrogen and oxygen atoms in total. The molecule has 27 heavy (non-hydrogen) atoms. The van der Waals surface area contributed by atoms with Gasteiger partial charge in [-0.05, 0) is 24.3 Å². The number of anilines is 2. The van der Waals surface area contributed by atoms with Gasteiger partial charge in [0.2, 0.25) is 0 Å². The first-order valence-corrected chi connectivity index (χ1v) is 8.86. The number of nitrogens with one attached hydrogen (secondary N) is 1. The molecule has 132 valence electrons. The van der Waals surface area contributed by atoms with Crippen LogP contribution < -0.4 is 10.1 Å². The van der Waals surface area contributed by atoms with Crippen LogP contribution in [0, 0.1) is 0 Å². The predicted molar refractivity (Wildman–Crippen MR) is 111 cm³/mol. The van der Waals surface area contributed by atoms with Crippen molar-refractivity contribution in [3.63, 3.8) is 0 Å². The van der Waals surface area contributed by atoms with E-state index in [1.54, 1.807) is 7.11 Å². The van der Waals surface area contributed by atoms with E-state index in [1.807, 2.05) is 60.7 Å². The second-order valence-electron chi connectivity index (χ2n) is 6.18. The predicted octanol–water partition coefficient (Wildman–Crippen LogP) is 6.17. The molecule has 0 radical (unpaired) electrons. The third-order valence-corrected chi connectivity index (χ3v) is 4.35. The third-order valence-electron chi connectivity index (χ3n) is 4.35. The average molecular weight is 352 g/mol. The van der Waals surface area contributed by atoms with Crippen LogP contribution in [-0.4, -0.2) is 12.1 Å². The minimum absolute atomic E-state index is 0.803. The molecule has 3 heteroatoms. The van der Waals surface area contributed by atoms with Gasteiger partial charge in [0, 0.05) is 16.8 Å². The molecular formula is C24H20N2O. The van der Waals surface area contributed by atoms with Crippen LogP contribution in [0.1, 0.15) is 0 Å². The van der Waals surface area contributed by atoms with Crippen LogP contribution in [-0.2, 0) is 0 Å². The van der Waals surface area contributed by atoms with E-state index in [4.69, 9.17) is 9.72 Å². The van der Waals surface area contributed by atoms with Crippen LogP contribution in [0.2, 0.25) is 0 Å². The summed E-state index contributed by atoms with van der Waals surface area (Å²) in [5.74, 6) is 0.803. The van der Waals surface area contributed by atoms with Crippen LogP contribution in [0.25, 0.3) is 22.5 Å². The zero-order valence-electron chi connectivity index (χ0n) is 15.1. The lowest BCUT2D eigenvalue weighted by atomic mass is 10.1. The van der Waals surface area contributed by atoms with Crippen molar-refractivity contribution >= 4 is 11.4 Å². The molecule has 0 atom stereocenters. The summed E-state index contributed by atoms with van der Waals surface area (Å²) in [5, 5.41) is 3.48. The van der Waals surface area contributed by atoms with Crippen LogP contribution in [0.5, 0.6) is 5.75 Å². The number of methoxy groups -OCH3 is 1. The van der Waals surface area contributed by atoms with Crippen LogP contribution in [0.15, 0.2) is 97.1 Å². The highest BCUT2D eigenvalue weighted by atomic mass is 16.5. The molecule has 0 bridgehead atoms. The summed E-state index contributed by atoms with van der Waals surface area (Å²) >= 11 is 0. The van der Waals surface area contributed by atoms with Crippen molar-refractivity contribution in [2.24, 2.45) is 0 Å². The molecule has 4 rings (SSSR count). The largest absolute Gasteiger partial charge is 0.495 e. The van der Waals surface area contributed by atoms with Crippen LogP contribution >= 0.6 is 0 Å². The maximum atomic E-state index is 5.47. The van der Waals surface area contributed by atoms with Gasteiger partial charge in [0.25, 0.3) is 0 Å². The number of hydrogen-bond acceptors (Lipinski definition) is 3. The number of rotatable bonds is 5. The van der Waals surface area contributed by atoms with E-state index in [2.05, 4.69) is 41.7 Å². The van der Waals surface area contributed by atoms with Gasteiger partial charge in [0.05, 0.1) is 24.2 Å². The lowest BCUT2D eigenvalue weighted by Crippen LogP contribution is -1.97. The second-order valence-corrected chi connectivity index (χ2v) is 6.18. The number of hydrogen-bond donors (Lipinski definition) is 1. The molecule has 4 aromatic rings. The molecule has 1 heterocycles. The molecule has 0 aliphatic rings. The molecule has 0 spiro atoms. The Bertz CT molecular complexity index is 973. The van der Waals surface area contributed by atoms with Gasteiger partial charge in [-0.3, -0.25) is 0 Å². The molecule has 0 aliphatic carbocycles. The first-order chi connectivity index (χ1) is 13.3. The zero-order valence-corrected chi connectivity index (χ0v) is 15.1. The lowest BCUT2D eigenvalue weighted by molar-refractivity contribution is 0.417. The summed E-state index contributed by atoms with van der Waals surface area (Å²) in [6, 6.07) is 32.5. The topological polar surface area (TPSA) is 34.1 Å². The summed E-state index contributed by atoms with van der Waals surface area (Å²) in [6.45, 7) is 0. The molecule has 0 saturated heterocycles. The Morgan fingerprint density at radius 1 is 0.667 bits per heavy atom. The van der Waals surface area contributed by atoms with E-state index in [9.17, 15) is 0 Å². The van der Waals surface area contributed by atoms with Gasteiger partial charge >= 0.3 is 0 Å². The highest BCUT2D eigenvalue weighted by molar-refractivity contribution is 5.76. The highest BCUT2D eigenvalue weighted by Crippen LogP contribution is 2.31. The van der Waals surface area contributed by atoms with Gasteiger partial charge in [-0.1, -0.05) is 72.8 Å². The summed E-state index contributed by atoms with van der Waals surface area (Å²) in [6.07, 6.45) is 0. The van der Waals surface area contributed by atoms with E-state index < -0.39 is 0 Å². The van der Waals surface area contributed by atoms with Crippen molar-refractivity contribution in [3.05, 3.63) is 97.1 Å². The SMILES string of the molecule is COc1ccccc1Nc1cc(-c2ccccc2)nc(-c2ccccc2)c1. The Morgan fingerprint density at radius 2 is 1.19 bits per heavy atom. The standard InChI is InChI=1S/C24H20N2O/c1-27-24-15-9-8-14-21(24)25-20-16-22(18-10-4-2-5-11-18)26-23(17-20)19-12-6-3-7-13-19/h2-17H,1H3,(H,25,26). The van der Waals surface area contributed by atoms with Crippen LogP contribution in [0.4, 0.5) is 11.4 Å². The van der Waals surface area contributed by atoms with E-state index in [0.29, 0.717) is 0 Å². The van der Waals surface area contributed by atoms with Crippen molar-refractivity contribution in [1.29, 1.82) is 0 Å². The fourth-order valence-corrected chi connectivity index (χ4v) is 3.02. The Balaban J connectivity index is 1.81. The maximum absolute atomic E-state index is 5.47. The summed E-state index contributed by atoms with van der Waals surface area (Å²) in [7, 11) is 1.68. The summed E-state index contributed by atoms with van der Waals surface area (Å²) in [5.41, 5.74) is 5.90. The van der Waals surface area contributed by atoms with Crippen molar-refractivity contribution in [2.45, 2.75) is 0 Å². The van der Waals surface area contributed by atoms with E-state index in [-0.39, 0.29) is 0 Å². The van der Waals surface area contributed by atoms with E-state index >= 15 is 0 Å². The Kier molecular flexibility index (Phi) is 4.84. The molecule has 0 saturated carbocycles. The van der Waals surface area contributed by atoms with Gasteiger partial charge in [0.15, 0.2) is 0 Å². The minimum Gasteiger partial charge on any atom is -0.495 e. The number of nitrogens with zero attached hydrogens (tertiary/aromatic N) is 1. The second kappa shape index (κ2) is 7.75. The van der Waals surface area contributed by atoms with Gasteiger partial charge in [-0.15, -0.1) is 0 Å². The van der Waals surface area contributed by atoms with Crippen molar-refractivity contribution in [2.75, 3.05) is 12.4 Å². The maximum Gasteiger partial charge on any atom is 0.142 e. The first kappa shape index (κ1) is 16.9. The molecule has 0 aliphatic heterocycles. The van der Waals surface area contributed by atoms with E-state index in [0.717, 1.165) is 39.6 Å². The van der Waals surface area contributed by atoms with Gasteiger partial charge < -0.3 is 10.1 Å². The van der Waals surface area contributed by atoms with Gasteiger partial charge in [-0.2, -0.15) is 0 Å². The van der Waals surface area contributed by atoms with Crippen LogP contribution in [0.3, 0.4) is 0 Å². The number of ether oxygens (including phenoxy) is 1. The van der Waals surface area contributed by atoms with Gasteiger partial charge in [0.1, 0.15) is 5.75 Å². The van der Waals surface area contributed by atoms with Gasteiger partial charge in [-0.25, -0.2) is 4.98 Å². The van der Waals surface area contributed by atoms with Crippen molar-refractivity contribution in [1.82, 2.24) is 4.98 Å². The Hall–Kier alpha value is -3.59. The van der Waals surface area contributed by atoms with Crippen molar-refractivity contribution in [3.8, 4) is 28.3 Å². The molecule has 0 unspecified atom stereocenters. The molecule has 0 fully saturated rings. The minimum atomic E-state index is 0.803. The summed E-state index contributed by atoms with van der Waals surface area (Å²) in [4.78, 5) is 4.89. The smallest absolute Gasteiger partial charge is 0.142 e. The molecule has 3 aromatic carbocycles. The van der Waals surface area contributed by atoms with E-state index in [1.165, 1.54) is 0 Å². The third kappa shape index (κ3) is 3.82. The fourth-order valence-electron chi connectivity index (χ4n) is 3.02. The van der Waals surface area contributed by atoms with Crippen molar-refractivity contribution < 1.29 is 4.74 Å². The highest BCUT2D eigenvalue weighted by Gasteiger charge is 2.09. The first-order valence-electron chi connectivity index (χ1n) is 8.86. The molecule has 0 amide bonds. The number of para-hydroxylation sites is 2.